The minimum Gasteiger partial charge on any atom is -0.383 e. The molecular formula is C23H24N4O2. The molecule has 4 aromatic rings. The largest absolute Gasteiger partial charge is 0.383 e. The molecule has 6 nitrogen and oxygen atoms in total. The van der Waals surface area contributed by atoms with E-state index in [-0.39, 0.29) is 5.56 Å². The zero-order chi connectivity index (χ0) is 20.2. The van der Waals surface area contributed by atoms with Crippen LogP contribution in [-0.2, 0) is 11.3 Å². The molecule has 0 bridgehead atoms. The van der Waals surface area contributed by atoms with Gasteiger partial charge < -0.3 is 14.7 Å². The second-order valence-corrected chi connectivity index (χ2v) is 7.14. The standard InChI is InChI=1S/C23H24N4O2/c1-27(12-13-29-2)15-16-5-7-17(8-6-16)25-14-19-22-18-4-3-11-24-20(18)9-10-21(22)26-23(19)28/h3-11,14,24H,12-13,15H2,1-2H3,(H,26,28). The summed E-state index contributed by atoms with van der Waals surface area (Å²) >= 11 is 0. The van der Waals surface area contributed by atoms with Crippen LogP contribution in [0.3, 0.4) is 0 Å². The van der Waals surface area contributed by atoms with Crippen molar-refractivity contribution in [3.05, 3.63) is 76.2 Å². The van der Waals surface area contributed by atoms with Gasteiger partial charge in [-0.25, -0.2) is 0 Å². The number of hydrogen-bond acceptors (Lipinski definition) is 4. The number of nitrogens with one attached hydrogen (secondary N) is 2. The first-order chi connectivity index (χ1) is 14.2. The SMILES string of the molecule is COCCN(C)Cc1ccc(N=Cc2c(=O)[nH]c3ccc4[nH]cccc4c23)cc1. The number of fused-ring (bicyclic) bond motifs is 3. The highest BCUT2D eigenvalue weighted by Gasteiger charge is 2.11. The van der Waals surface area contributed by atoms with Crippen LogP contribution in [0.5, 0.6) is 0 Å². The van der Waals surface area contributed by atoms with E-state index >= 15 is 0 Å². The Balaban J connectivity index is 1.59. The number of aliphatic imine (C=N–C) groups is 1. The molecule has 0 unspecified atom stereocenters. The van der Waals surface area contributed by atoms with Gasteiger partial charge >= 0.3 is 0 Å². The van der Waals surface area contributed by atoms with Crippen molar-refractivity contribution in [2.24, 2.45) is 4.99 Å². The van der Waals surface area contributed by atoms with Crippen molar-refractivity contribution in [2.75, 3.05) is 27.3 Å². The van der Waals surface area contributed by atoms with Crippen LogP contribution in [-0.4, -0.2) is 48.4 Å². The highest BCUT2D eigenvalue weighted by Crippen LogP contribution is 2.24. The third-order valence-electron chi connectivity index (χ3n) is 5.01. The predicted molar refractivity (Wildman–Crippen MR) is 118 cm³/mol. The Kier molecular flexibility index (Phi) is 5.55. The van der Waals surface area contributed by atoms with Crippen molar-refractivity contribution in [1.29, 1.82) is 0 Å². The first-order valence-electron chi connectivity index (χ1n) is 9.58. The molecule has 2 aromatic heterocycles. The van der Waals surface area contributed by atoms with Crippen LogP contribution in [0.4, 0.5) is 5.69 Å². The predicted octanol–water partition coefficient (Wildman–Crippen LogP) is 3.84. The van der Waals surface area contributed by atoms with Gasteiger partial charge in [-0.05, 0) is 42.9 Å². The van der Waals surface area contributed by atoms with Gasteiger partial charge in [0.2, 0.25) is 0 Å². The fraction of sp³-hybridized carbons (Fsp3) is 0.217. The summed E-state index contributed by atoms with van der Waals surface area (Å²) in [6.07, 6.45) is 3.54. The molecule has 2 N–H and O–H groups in total. The molecule has 0 fully saturated rings. The lowest BCUT2D eigenvalue weighted by molar-refractivity contribution is 0.158. The van der Waals surface area contributed by atoms with E-state index in [1.807, 2.05) is 42.6 Å². The lowest BCUT2D eigenvalue weighted by Crippen LogP contribution is -2.22. The van der Waals surface area contributed by atoms with Gasteiger partial charge in [0.25, 0.3) is 5.56 Å². The van der Waals surface area contributed by atoms with Gasteiger partial charge in [-0.1, -0.05) is 18.2 Å². The van der Waals surface area contributed by atoms with Gasteiger partial charge in [-0.15, -0.1) is 0 Å². The molecule has 2 aromatic carbocycles. The van der Waals surface area contributed by atoms with Crippen molar-refractivity contribution in [3.63, 3.8) is 0 Å². The molecule has 0 aliphatic rings. The van der Waals surface area contributed by atoms with Gasteiger partial charge in [0, 0.05) is 54.4 Å². The summed E-state index contributed by atoms with van der Waals surface area (Å²) in [5.41, 5.74) is 4.27. The average molecular weight is 388 g/mol. The number of rotatable bonds is 7. The number of likely N-dealkylation sites (N-methyl/N-ethyl adjacent to an activating group) is 1. The molecule has 148 valence electrons. The third kappa shape index (κ3) is 4.13. The number of methoxy groups -OCH3 is 1. The molecule has 0 saturated heterocycles. The Bertz CT molecular complexity index is 1210. The van der Waals surface area contributed by atoms with E-state index in [1.54, 1.807) is 13.3 Å². The van der Waals surface area contributed by atoms with Crippen molar-refractivity contribution in [1.82, 2.24) is 14.9 Å². The molecule has 0 amide bonds. The number of nitrogens with zero attached hydrogens (tertiary/aromatic N) is 2. The smallest absolute Gasteiger partial charge is 0.257 e. The highest BCUT2D eigenvalue weighted by molar-refractivity contribution is 6.13. The highest BCUT2D eigenvalue weighted by atomic mass is 16.5. The summed E-state index contributed by atoms with van der Waals surface area (Å²) in [4.78, 5) is 25.4. The summed E-state index contributed by atoms with van der Waals surface area (Å²) < 4.78 is 5.11. The fourth-order valence-corrected chi connectivity index (χ4v) is 3.49. The van der Waals surface area contributed by atoms with Crippen LogP contribution in [0.15, 0.2) is 64.5 Å². The monoisotopic (exact) mass is 388 g/mol. The topological polar surface area (TPSA) is 73.5 Å². The molecule has 0 aliphatic carbocycles. The molecule has 0 spiro atoms. The Morgan fingerprint density at radius 3 is 2.69 bits per heavy atom. The summed E-state index contributed by atoms with van der Waals surface area (Å²) in [5, 5.41) is 1.89. The quantitative estimate of drug-likeness (QED) is 0.473. The normalized spacial score (nSPS) is 12.0. The second kappa shape index (κ2) is 8.43. The van der Waals surface area contributed by atoms with Crippen LogP contribution >= 0.6 is 0 Å². The van der Waals surface area contributed by atoms with Gasteiger partial charge in [-0.2, -0.15) is 0 Å². The van der Waals surface area contributed by atoms with Crippen LogP contribution < -0.4 is 5.56 Å². The van der Waals surface area contributed by atoms with E-state index in [2.05, 4.69) is 39.0 Å². The third-order valence-corrected chi connectivity index (χ3v) is 5.01. The Hall–Kier alpha value is -3.22. The maximum absolute atomic E-state index is 12.5. The summed E-state index contributed by atoms with van der Waals surface area (Å²) in [6, 6.07) is 15.9. The van der Waals surface area contributed by atoms with Crippen LogP contribution in [0.25, 0.3) is 21.8 Å². The molecule has 2 heterocycles. The summed E-state index contributed by atoms with van der Waals surface area (Å²) in [7, 11) is 3.78. The maximum Gasteiger partial charge on any atom is 0.257 e. The molecule has 0 radical (unpaired) electrons. The van der Waals surface area contributed by atoms with Crippen molar-refractivity contribution >= 4 is 33.7 Å². The van der Waals surface area contributed by atoms with E-state index in [0.717, 1.165) is 40.6 Å². The number of aromatic nitrogens is 2. The van der Waals surface area contributed by atoms with E-state index in [9.17, 15) is 4.79 Å². The fourth-order valence-electron chi connectivity index (χ4n) is 3.49. The number of ether oxygens (including phenoxy) is 1. The molecule has 0 aliphatic heterocycles. The Morgan fingerprint density at radius 1 is 1.10 bits per heavy atom. The zero-order valence-corrected chi connectivity index (χ0v) is 16.6. The first-order valence-corrected chi connectivity index (χ1v) is 9.58. The number of benzene rings is 2. The van der Waals surface area contributed by atoms with Gasteiger partial charge in [0.05, 0.1) is 17.9 Å². The molecule has 0 atom stereocenters. The minimum absolute atomic E-state index is 0.128. The van der Waals surface area contributed by atoms with Gasteiger partial charge in [0.15, 0.2) is 0 Å². The second-order valence-electron chi connectivity index (χ2n) is 7.14. The maximum atomic E-state index is 12.5. The average Bonchev–Trinajstić information content (AvgIpc) is 3.07. The lowest BCUT2D eigenvalue weighted by Gasteiger charge is -2.15. The number of H-pyrrole nitrogens is 2. The lowest BCUT2D eigenvalue weighted by atomic mass is 10.1. The van der Waals surface area contributed by atoms with Crippen molar-refractivity contribution in [3.8, 4) is 0 Å². The molecule has 4 rings (SSSR count). The summed E-state index contributed by atoms with van der Waals surface area (Å²) in [6.45, 7) is 2.45. The van der Waals surface area contributed by atoms with Crippen LogP contribution in [0.2, 0.25) is 0 Å². The van der Waals surface area contributed by atoms with Crippen LogP contribution in [0, 0.1) is 0 Å². The molecule has 0 saturated carbocycles. The molecule has 29 heavy (non-hydrogen) atoms. The van der Waals surface area contributed by atoms with Gasteiger partial charge in [-0.3, -0.25) is 14.7 Å². The van der Waals surface area contributed by atoms with E-state index in [0.29, 0.717) is 12.2 Å². The zero-order valence-electron chi connectivity index (χ0n) is 16.6. The van der Waals surface area contributed by atoms with Crippen LogP contribution in [0.1, 0.15) is 11.1 Å². The molecular weight excluding hydrogens is 364 g/mol. The van der Waals surface area contributed by atoms with Crippen molar-refractivity contribution in [2.45, 2.75) is 6.54 Å². The number of pyridine rings is 1. The van der Waals surface area contributed by atoms with E-state index in [4.69, 9.17) is 4.74 Å². The first kappa shape index (κ1) is 19.1. The van der Waals surface area contributed by atoms with E-state index in [1.165, 1.54) is 5.56 Å². The summed E-state index contributed by atoms with van der Waals surface area (Å²) in [5.74, 6) is 0. The number of hydrogen-bond donors (Lipinski definition) is 2. The Morgan fingerprint density at radius 2 is 1.90 bits per heavy atom. The number of aromatic amines is 2. The van der Waals surface area contributed by atoms with Gasteiger partial charge in [0.1, 0.15) is 0 Å². The Labute approximate surface area is 168 Å². The van der Waals surface area contributed by atoms with Crippen molar-refractivity contribution < 1.29 is 4.74 Å². The molecule has 6 heteroatoms. The minimum atomic E-state index is -0.128. The van der Waals surface area contributed by atoms with E-state index < -0.39 is 0 Å².